The van der Waals surface area contributed by atoms with Crippen LogP contribution in [0.2, 0.25) is 0 Å². The van der Waals surface area contributed by atoms with Gasteiger partial charge in [0.25, 0.3) is 5.69 Å². The van der Waals surface area contributed by atoms with Crippen molar-refractivity contribution in [1.82, 2.24) is 14.8 Å². The van der Waals surface area contributed by atoms with E-state index in [-0.39, 0.29) is 24.6 Å². The number of hydrogen-bond acceptors (Lipinski definition) is 6. The number of carbonyl (C=O) groups is 2. The predicted molar refractivity (Wildman–Crippen MR) is 78.5 cm³/mol. The molecule has 1 atom stereocenters. The molecule has 0 radical (unpaired) electrons. The number of nitro benzene ring substituents is 1. The summed E-state index contributed by atoms with van der Waals surface area (Å²) in [6, 6.07) is 5.61. The second kappa shape index (κ2) is 5.83. The molecule has 3 rings (SSSR count). The molecule has 1 aliphatic rings. The minimum absolute atomic E-state index is 0.0617. The number of non-ortho nitro benzene ring substituents is 1. The molecule has 10 heteroatoms. The van der Waals surface area contributed by atoms with Crippen LogP contribution >= 0.6 is 0 Å². The average Bonchev–Trinajstić information content (AvgIpc) is 2.94. The van der Waals surface area contributed by atoms with Crippen molar-refractivity contribution in [2.45, 2.75) is 13.0 Å². The number of nitro groups is 1. The normalized spacial score (nSPS) is 16.3. The number of anilines is 2. The van der Waals surface area contributed by atoms with Crippen LogP contribution in [0, 0.1) is 16.0 Å². The highest BCUT2D eigenvalue weighted by atomic mass is 16.6. The Balaban J connectivity index is 1.65. The molecule has 0 saturated heterocycles. The lowest BCUT2D eigenvalue weighted by atomic mass is 10.0. The van der Waals surface area contributed by atoms with Crippen molar-refractivity contribution in [2.24, 2.45) is 5.92 Å². The lowest BCUT2D eigenvalue weighted by Crippen LogP contribution is -2.36. The number of aromatic nitrogens is 3. The van der Waals surface area contributed by atoms with Crippen LogP contribution in [0.15, 0.2) is 30.6 Å². The molecule has 2 N–H and O–H groups in total. The zero-order valence-electron chi connectivity index (χ0n) is 11.8. The molecule has 0 aliphatic carbocycles. The van der Waals surface area contributed by atoms with Crippen molar-refractivity contribution in [1.29, 1.82) is 0 Å². The van der Waals surface area contributed by atoms with Crippen molar-refractivity contribution in [3.05, 3.63) is 40.7 Å². The second-order valence-electron chi connectivity index (χ2n) is 5.01. The van der Waals surface area contributed by atoms with Crippen molar-refractivity contribution in [3.63, 3.8) is 0 Å². The van der Waals surface area contributed by atoms with E-state index in [0.29, 0.717) is 11.6 Å². The summed E-state index contributed by atoms with van der Waals surface area (Å²) in [5.41, 5.74) is 0.187. The fraction of sp³-hybridized carbons (Fsp3) is 0.231. The SMILES string of the molecule is O=C(C[C@H]1Cn2ncnc2NC1=O)Nc1cccc([N+](=O)[O-])c1. The first-order chi connectivity index (χ1) is 11.0. The number of fused-ring (bicyclic) bond motifs is 1. The van der Waals surface area contributed by atoms with Crippen molar-refractivity contribution < 1.29 is 14.5 Å². The molecule has 10 nitrogen and oxygen atoms in total. The summed E-state index contributed by atoms with van der Waals surface area (Å²) < 4.78 is 1.51. The Bertz CT molecular complexity index is 786. The molecule has 2 amide bonds. The summed E-state index contributed by atoms with van der Waals surface area (Å²) in [4.78, 5) is 38.0. The second-order valence-corrected chi connectivity index (χ2v) is 5.01. The zero-order valence-corrected chi connectivity index (χ0v) is 11.8. The lowest BCUT2D eigenvalue weighted by molar-refractivity contribution is -0.384. The molecule has 0 spiro atoms. The van der Waals surface area contributed by atoms with Crippen molar-refractivity contribution >= 4 is 29.1 Å². The standard InChI is InChI=1S/C13H12N6O4/c20-11(16-9-2-1-3-10(5-9)19(22)23)4-8-6-18-13(14-7-15-18)17-12(8)21/h1-3,5,7-8H,4,6H2,(H,16,20)(H,14,15,17,21)/t8-/m0/s1. The van der Waals surface area contributed by atoms with Crippen molar-refractivity contribution in [2.75, 3.05) is 10.6 Å². The maximum Gasteiger partial charge on any atom is 0.271 e. The molecule has 0 fully saturated rings. The fourth-order valence-electron chi connectivity index (χ4n) is 2.29. The maximum absolute atomic E-state index is 12.1. The van der Waals surface area contributed by atoms with Gasteiger partial charge in [0.2, 0.25) is 17.8 Å². The summed E-state index contributed by atoms with van der Waals surface area (Å²) >= 11 is 0. The summed E-state index contributed by atoms with van der Waals surface area (Å²) in [6.07, 6.45) is 1.26. The van der Waals surface area contributed by atoms with Crippen LogP contribution in [0.1, 0.15) is 6.42 Å². The number of nitrogens with zero attached hydrogens (tertiary/aromatic N) is 4. The van der Waals surface area contributed by atoms with Gasteiger partial charge in [-0.05, 0) is 6.07 Å². The third-order valence-electron chi connectivity index (χ3n) is 3.39. The Labute approximate surface area is 129 Å². The molecule has 0 bridgehead atoms. The highest BCUT2D eigenvalue weighted by Crippen LogP contribution is 2.20. The Hall–Kier alpha value is -3.30. The van der Waals surface area contributed by atoms with E-state index in [0.717, 1.165) is 0 Å². The minimum Gasteiger partial charge on any atom is -0.326 e. The molecule has 23 heavy (non-hydrogen) atoms. The Morgan fingerprint density at radius 1 is 1.52 bits per heavy atom. The molecule has 0 saturated carbocycles. The molecule has 118 valence electrons. The number of rotatable bonds is 4. The van der Waals surface area contributed by atoms with Gasteiger partial charge in [-0.15, -0.1) is 0 Å². The molecule has 1 aliphatic heterocycles. The van der Waals surface area contributed by atoms with E-state index in [4.69, 9.17) is 0 Å². The van der Waals surface area contributed by atoms with Crippen LogP contribution in [0.4, 0.5) is 17.3 Å². The quantitative estimate of drug-likeness (QED) is 0.633. The Morgan fingerprint density at radius 2 is 2.35 bits per heavy atom. The maximum atomic E-state index is 12.1. The number of hydrogen-bond donors (Lipinski definition) is 2. The minimum atomic E-state index is -0.581. The predicted octanol–water partition coefficient (Wildman–Crippen LogP) is 0.783. The molecule has 1 aromatic carbocycles. The van der Waals surface area contributed by atoms with E-state index in [1.165, 1.54) is 29.2 Å². The fourth-order valence-corrected chi connectivity index (χ4v) is 2.29. The van der Waals surface area contributed by atoms with E-state index < -0.39 is 16.7 Å². The zero-order chi connectivity index (χ0) is 16.4. The average molecular weight is 316 g/mol. The number of carbonyl (C=O) groups excluding carboxylic acids is 2. The smallest absolute Gasteiger partial charge is 0.271 e. The Morgan fingerprint density at radius 3 is 3.13 bits per heavy atom. The highest BCUT2D eigenvalue weighted by molar-refractivity contribution is 5.98. The van der Waals surface area contributed by atoms with Crippen molar-refractivity contribution in [3.8, 4) is 0 Å². The van der Waals surface area contributed by atoms with Crippen LogP contribution < -0.4 is 10.6 Å². The van der Waals surface area contributed by atoms with Crippen LogP contribution in [-0.4, -0.2) is 31.5 Å². The Kier molecular flexibility index (Phi) is 3.71. The highest BCUT2D eigenvalue weighted by Gasteiger charge is 2.29. The summed E-state index contributed by atoms with van der Waals surface area (Å²) in [7, 11) is 0. The van der Waals surface area contributed by atoms with Crippen LogP contribution in [0.3, 0.4) is 0 Å². The molecular weight excluding hydrogens is 304 g/mol. The van der Waals surface area contributed by atoms with Gasteiger partial charge >= 0.3 is 0 Å². The third-order valence-corrected chi connectivity index (χ3v) is 3.39. The first-order valence-corrected chi connectivity index (χ1v) is 6.76. The number of amides is 2. The molecule has 0 unspecified atom stereocenters. The van der Waals surface area contributed by atoms with Crippen LogP contribution in [0.25, 0.3) is 0 Å². The summed E-state index contributed by atoms with van der Waals surface area (Å²) in [5.74, 6) is -0.942. The van der Waals surface area contributed by atoms with E-state index >= 15 is 0 Å². The van der Waals surface area contributed by atoms with Gasteiger partial charge in [0, 0.05) is 24.2 Å². The van der Waals surface area contributed by atoms with E-state index in [2.05, 4.69) is 20.7 Å². The first kappa shape index (κ1) is 14.6. The van der Waals surface area contributed by atoms with Gasteiger partial charge in [0.15, 0.2) is 0 Å². The van der Waals surface area contributed by atoms with Gasteiger partial charge in [-0.3, -0.25) is 25.0 Å². The van der Waals surface area contributed by atoms with E-state index in [1.807, 2.05) is 0 Å². The van der Waals surface area contributed by atoms with Gasteiger partial charge in [0.05, 0.1) is 17.4 Å². The largest absolute Gasteiger partial charge is 0.326 e. The molecular formula is C13H12N6O4. The first-order valence-electron chi connectivity index (χ1n) is 6.76. The van der Waals surface area contributed by atoms with Gasteiger partial charge in [-0.2, -0.15) is 10.1 Å². The van der Waals surface area contributed by atoms with Gasteiger partial charge in [-0.1, -0.05) is 6.07 Å². The third kappa shape index (κ3) is 3.15. The summed E-state index contributed by atoms with van der Waals surface area (Å²) in [6.45, 7) is 0.253. The van der Waals surface area contributed by atoms with Crippen LogP contribution in [0.5, 0.6) is 0 Å². The van der Waals surface area contributed by atoms with Crippen LogP contribution in [-0.2, 0) is 16.1 Å². The number of nitrogens with one attached hydrogen (secondary N) is 2. The van der Waals surface area contributed by atoms with E-state index in [9.17, 15) is 19.7 Å². The summed E-state index contributed by atoms with van der Waals surface area (Å²) in [5, 5.41) is 19.8. The topological polar surface area (TPSA) is 132 Å². The van der Waals surface area contributed by atoms with E-state index in [1.54, 1.807) is 6.07 Å². The number of benzene rings is 1. The lowest BCUT2D eigenvalue weighted by Gasteiger charge is -2.21. The monoisotopic (exact) mass is 316 g/mol. The molecule has 1 aromatic heterocycles. The van der Waals surface area contributed by atoms with Gasteiger partial charge in [-0.25, -0.2) is 4.68 Å². The van der Waals surface area contributed by atoms with Gasteiger partial charge in [0.1, 0.15) is 6.33 Å². The molecule has 2 heterocycles. The van der Waals surface area contributed by atoms with Gasteiger partial charge < -0.3 is 5.32 Å². The molecule has 2 aromatic rings.